The number of rotatable bonds is 2. The maximum Gasteiger partial charge on any atom is 0.367 e. The molecule has 6 atom stereocenters. The summed E-state index contributed by atoms with van der Waals surface area (Å²) in [5.74, 6) is -8.96. The Morgan fingerprint density at radius 2 is 2.00 bits per heavy atom. The van der Waals surface area contributed by atoms with Crippen molar-refractivity contribution in [2.45, 2.75) is 45.2 Å². The molecule has 1 aliphatic carbocycles. The van der Waals surface area contributed by atoms with E-state index in [0.29, 0.717) is 0 Å². The molecular formula is C16H22O8. The van der Waals surface area contributed by atoms with E-state index in [0.717, 1.165) is 7.11 Å². The molecule has 2 unspecified atom stereocenters. The molecule has 0 amide bonds. The first-order valence-electron chi connectivity index (χ1n) is 7.98. The van der Waals surface area contributed by atoms with Gasteiger partial charge in [0.1, 0.15) is 12.4 Å². The minimum atomic E-state index is -2.63. The average molecular weight is 342 g/mol. The van der Waals surface area contributed by atoms with E-state index in [2.05, 4.69) is 4.74 Å². The highest BCUT2D eigenvalue weighted by atomic mass is 16.8. The fourth-order valence-electron chi connectivity index (χ4n) is 5.08. The van der Waals surface area contributed by atoms with Crippen molar-refractivity contribution >= 4 is 17.7 Å². The molecule has 0 aromatic heterocycles. The lowest BCUT2D eigenvalue weighted by Crippen LogP contribution is -2.74. The molecule has 3 aliphatic rings. The Bertz CT molecular complexity index is 632. The maximum absolute atomic E-state index is 12.5. The van der Waals surface area contributed by atoms with E-state index in [1.807, 2.05) is 0 Å². The fraction of sp³-hybridized carbons (Fsp3) is 0.812. The van der Waals surface area contributed by atoms with Crippen molar-refractivity contribution in [2.24, 2.45) is 22.7 Å². The van der Waals surface area contributed by atoms with Crippen LogP contribution in [0.15, 0.2) is 0 Å². The summed E-state index contributed by atoms with van der Waals surface area (Å²) in [6.07, 6.45) is 0.225. The van der Waals surface area contributed by atoms with Gasteiger partial charge in [0, 0.05) is 17.8 Å². The van der Waals surface area contributed by atoms with E-state index in [9.17, 15) is 24.6 Å². The summed E-state index contributed by atoms with van der Waals surface area (Å²) in [4.78, 5) is 37.0. The molecule has 3 rings (SSSR count). The third-order valence-corrected chi connectivity index (χ3v) is 6.58. The smallest absolute Gasteiger partial charge is 0.367 e. The van der Waals surface area contributed by atoms with Gasteiger partial charge < -0.3 is 19.7 Å². The predicted octanol–water partition coefficient (Wildman–Crippen LogP) is -0.249. The van der Waals surface area contributed by atoms with E-state index in [1.165, 1.54) is 0 Å². The van der Waals surface area contributed by atoms with Gasteiger partial charge in [-0.2, -0.15) is 0 Å². The molecule has 134 valence electrons. The summed E-state index contributed by atoms with van der Waals surface area (Å²) in [5.41, 5.74) is -2.59. The Labute approximate surface area is 139 Å². The molecular weight excluding hydrogens is 320 g/mol. The zero-order valence-corrected chi connectivity index (χ0v) is 14.1. The minimum absolute atomic E-state index is 0.00706. The molecule has 3 fully saturated rings. The van der Waals surface area contributed by atoms with Crippen molar-refractivity contribution in [1.82, 2.24) is 0 Å². The van der Waals surface area contributed by atoms with Crippen LogP contribution in [0.2, 0.25) is 0 Å². The number of methoxy groups -OCH3 is 1. The van der Waals surface area contributed by atoms with Crippen LogP contribution in [-0.2, 0) is 28.6 Å². The van der Waals surface area contributed by atoms with Crippen LogP contribution in [0.25, 0.3) is 0 Å². The first-order chi connectivity index (χ1) is 11.0. The van der Waals surface area contributed by atoms with Gasteiger partial charge in [-0.3, -0.25) is 9.53 Å². The molecule has 2 heterocycles. The van der Waals surface area contributed by atoms with Crippen molar-refractivity contribution < 1.29 is 38.8 Å². The largest absolute Gasteiger partial charge is 0.465 e. The number of fused-ring (bicyclic) bond motifs is 3. The van der Waals surface area contributed by atoms with Gasteiger partial charge in [-0.1, -0.05) is 20.8 Å². The lowest BCUT2D eigenvalue weighted by atomic mass is 9.53. The lowest BCUT2D eigenvalue weighted by Gasteiger charge is -2.59. The first-order valence-corrected chi connectivity index (χ1v) is 7.98. The second kappa shape index (κ2) is 4.77. The van der Waals surface area contributed by atoms with E-state index in [4.69, 9.17) is 9.47 Å². The number of esters is 2. The van der Waals surface area contributed by atoms with Crippen LogP contribution in [0.4, 0.5) is 0 Å². The summed E-state index contributed by atoms with van der Waals surface area (Å²) in [5, 5.41) is 22.0. The summed E-state index contributed by atoms with van der Waals surface area (Å²) in [6.45, 7) is 4.76. The molecule has 0 aromatic carbocycles. The minimum Gasteiger partial charge on any atom is -0.465 e. The number of carbonyl (C=O) groups excluding carboxylic acids is 3. The van der Waals surface area contributed by atoms with Gasteiger partial charge in [0.05, 0.1) is 12.5 Å². The average Bonchev–Trinajstić information content (AvgIpc) is 2.94. The second-order valence-corrected chi connectivity index (χ2v) is 7.21. The van der Waals surface area contributed by atoms with Gasteiger partial charge in [-0.25, -0.2) is 9.59 Å². The van der Waals surface area contributed by atoms with E-state index < -0.39 is 46.2 Å². The van der Waals surface area contributed by atoms with Crippen LogP contribution in [-0.4, -0.2) is 53.2 Å². The topological polar surface area (TPSA) is 119 Å². The molecule has 2 aliphatic heterocycles. The number of carbonyl (C=O) groups is 3. The van der Waals surface area contributed by atoms with Crippen LogP contribution in [0.1, 0.15) is 33.6 Å². The van der Waals surface area contributed by atoms with Gasteiger partial charge in [-0.05, 0) is 12.3 Å². The number of Topliss-reactive ketones (excluding diaryl/α,β-unsaturated/α-hetero) is 1. The second-order valence-electron chi connectivity index (χ2n) is 7.21. The van der Waals surface area contributed by atoms with Crippen molar-refractivity contribution in [3.05, 3.63) is 0 Å². The first kappa shape index (κ1) is 17.3. The Morgan fingerprint density at radius 1 is 1.38 bits per heavy atom. The molecule has 2 N–H and O–H groups in total. The maximum atomic E-state index is 12.5. The van der Waals surface area contributed by atoms with Gasteiger partial charge in [-0.15, -0.1) is 0 Å². The van der Waals surface area contributed by atoms with Gasteiger partial charge in [0.15, 0.2) is 0 Å². The highest BCUT2D eigenvalue weighted by molar-refractivity contribution is 5.91. The molecule has 0 spiro atoms. The van der Waals surface area contributed by atoms with Crippen LogP contribution in [0, 0.1) is 22.7 Å². The zero-order valence-electron chi connectivity index (χ0n) is 14.1. The number of ketones is 1. The summed E-state index contributed by atoms with van der Waals surface area (Å²) in [7, 11) is 1.06. The Hall–Kier alpha value is -1.51. The molecule has 0 bridgehead atoms. The monoisotopic (exact) mass is 342 g/mol. The van der Waals surface area contributed by atoms with Crippen LogP contribution in [0.3, 0.4) is 0 Å². The number of hydrogen-bond acceptors (Lipinski definition) is 8. The third-order valence-electron chi connectivity index (χ3n) is 6.58. The summed E-state index contributed by atoms with van der Waals surface area (Å²) < 4.78 is 15.1. The Kier molecular flexibility index (Phi) is 3.44. The predicted molar refractivity (Wildman–Crippen MR) is 77.1 cm³/mol. The van der Waals surface area contributed by atoms with Gasteiger partial charge >= 0.3 is 11.9 Å². The van der Waals surface area contributed by atoms with Crippen molar-refractivity contribution in [3.8, 4) is 0 Å². The molecule has 24 heavy (non-hydrogen) atoms. The quantitative estimate of drug-likeness (QED) is 0.660. The summed E-state index contributed by atoms with van der Waals surface area (Å²) >= 11 is 0. The number of ether oxygens (including phenoxy) is 3. The van der Waals surface area contributed by atoms with Gasteiger partial charge in [0.2, 0.25) is 0 Å². The molecule has 1 saturated carbocycles. The fourth-order valence-corrected chi connectivity index (χ4v) is 5.08. The standard InChI is InChI=1S/C16H22O8/c1-5-14-8(2)9(17)6-10(14)13(3)7-23-12(19)15(13,20)24-16(14,21)11(18)22-4/h8,10,20-21H,5-7H2,1-4H3/t8-,10?,13-,14+,15-,16?/m0/s1. The highest BCUT2D eigenvalue weighted by Crippen LogP contribution is 2.69. The van der Waals surface area contributed by atoms with Crippen LogP contribution < -0.4 is 0 Å². The van der Waals surface area contributed by atoms with Crippen molar-refractivity contribution in [3.63, 3.8) is 0 Å². The number of hydrogen-bond donors (Lipinski definition) is 2. The van der Waals surface area contributed by atoms with Crippen molar-refractivity contribution in [1.29, 1.82) is 0 Å². The number of cyclic esters (lactones) is 1. The Morgan fingerprint density at radius 3 is 2.54 bits per heavy atom. The molecule has 2 saturated heterocycles. The van der Waals surface area contributed by atoms with Crippen molar-refractivity contribution in [2.75, 3.05) is 13.7 Å². The zero-order chi connectivity index (χ0) is 18.1. The molecule has 8 nitrogen and oxygen atoms in total. The van der Waals surface area contributed by atoms with Crippen LogP contribution in [0.5, 0.6) is 0 Å². The van der Waals surface area contributed by atoms with E-state index in [1.54, 1.807) is 20.8 Å². The summed E-state index contributed by atoms with van der Waals surface area (Å²) in [6, 6.07) is 0. The normalized spacial score (nSPS) is 50.2. The van der Waals surface area contributed by atoms with Crippen LogP contribution >= 0.6 is 0 Å². The number of aliphatic hydroxyl groups is 2. The lowest BCUT2D eigenvalue weighted by molar-refractivity contribution is -0.419. The Balaban J connectivity index is 2.30. The SMILES string of the molecule is CC[C@]12C(CC(=O)[C@@H]1C)[C@]1(C)COC(=O)[C@]1(O)OC2(O)C(=O)OC. The van der Waals surface area contributed by atoms with E-state index >= 15 is 0 Å². The highest BCUT2D eigenvalue weighted by Gasteiger charge is 2.83. The van der Waals surface area contributed by atoms with Gasteiger partial charge in [0.25, 0.3) is 11.6 Å². The van der Waals surface area contributed by atoms with E-state index in [-0.39, 0.29) is 25.2 Å². The molecule has 0 radical (unpaired) electrons. The molecule has 0 aromatic rings. The molecule has 8 heteroatoms. The third kappa shape index (κ3) is 1.52.